The summed E-state index contributed by atoms with van der Waals surface area (Å²) < 4.78 is 77.6. The minimum absolute atomic E-state index is 0.0530. The zero-order valence-electron chi connectivity index (χ0n) is 26.4. The molecular formula is C29H35F3N10O5S. The number of rotatable bonds is 5. The average molecular weight is 693 g/mol. The molecule has 2 fully saturated rings. The van der Waals surface area contributed by atoms with Crippen LogP contribution in [0, 0.1) is 6.92 Å². The number of nitrogens with zero attached hydrogens (tertiary/aromatic N) is 9. The summed E-state index contributed by atoms with van der Waals surface area (Å²) in [6.45, 7) is 6.86. The molecule has 2 saturated heterocycles. The summed E-state index contributed by atoms with van der Waals surface area (Å²) in [7, 11) is -4.02. The van der Waals surface area contributed by atoms with Gasteiger partial charge in [-0.1, -0.05) is 17.7 Å². The topological polar surface area (TPSA) is 186 Å². The fourth-order valence-corrected chi connectivity index (χ4v) is 5.92. The number of nitrogens with two attached hydrogens (primary N) is 1. The van der Waals surface area contributed by atoms with Gasteiger partial charge in [0.1, 0.15) is 6.54 Å². The summed E-state index contributed by atoms with van der Waals surface area (Å²) >= 11 is 0. The number of ether oxygens (including phenoxy) is 1. The highest BCUT2D eigenvalue weighted by atomic mass is 32.2. The van der Waals surface area contributed by atoms with Crippen LogP contribution in [0.2, 0.25) is 0 Å². The number of hydrogen-bond donors (Lipinski definition) is 2. The van der Waals surface area contributed by atoms with E-state index in [1.54, 1.807) is 21.9 Å². The molecule has 4 aromatic rings. The number of anilines is 3. The number of piperazine rings is 1. The molecule has 6 rings (SSSR count). The van der Waals surface area contributed by atoms with Gasteiger partial charge in [-0.15, -0.1) is 0 Å². The van der Waals surface area contributed by atoms with Crippen molar-refractivity contribution in [3.05, 3.63) is 42.2 Å². The van der Waals surface area contributed by atoms with E-state index < -0.39 is 22.8 Å². The van der Waals surface area contributed by atoms with Crippen LogP contribution in [0.3, 0.4) is 0 Å². The maximum atomic E-state index is 13.8. The molecule has 0 radical (unpaired) electrons. The molecular weight excluding hydrogens is 657 g/mol. The number of benzene rings is 1. The molecule has 48 heavy (non-hydrogen) atoms. The number of aromatic nitrogens is 6. The lowest BCUT2D eigenvalue weighted by molar-refractivity contribution is -0.139. The highest BCUT2D eigenvalue weighted by Gasteiger charge is 2.35. The number of imidazole rings is 1. The number of hydrogen-bond acceptors (Lipinski definition) is 12. The number of nitrogen functional groups attached to an aromatic ring is 1. The smallest absolute Gasteiger partial charge is 0.378 e. The second-order valence-electron chi connectivity index (χ2n) is 11.4. The van der Waals surface area contributed by atoms with Gasteiger partial charge in [-0.3, -0.25) is 13.9 Å². The Labute approximate surface area is 274 Å². The van der Waals surface area contributed by atoms with E-state index in [1.807, 2.05) is 18.7 Å². The van der Waals surface area contributed by atoms with E-state index in [1.165, 1.54) is 31.5 Å². The molecule has 0 unspecified atom stereocenters. The first-order valence-electron chi connectivity index (χ1n) is 14.9. The molecule has 0 spiro atoms. The Balaban J connectivity index is 0.000000349. The first-order valence-corrected chi connectivity index (χ1v) is 16.4. The van der Waals surface area contributed by atoms with Gasteiger partial charge >= 0.3 is 6.18 Å². The van der Waals surface area contributed by atoms with Crippen molar-refractivity contribution >= 4 is 44.9 Å². The van der Waals surface area contributed by atoms with Gasteiger partial charge in [-0.25, -0.2) is 24.9 Å². The van der Waals surface area contributed by atoms with Crippen LogP contribution in [-0.2, 0) is 26.2 Å². The molecule has 1 aromatic carbocycles. The van der Waals surface area contributed by atoms with Crippen LogP contribution in [0.5, 0.6) is 0 Å². The zero-order chi connectivity index (χ0) is 34.8. The monoisotopic (exact) mass is 692 g/mol. The fourth-order valence-electron chi connectivity index (χ4n) is 5.44. The van der Waals surface area contributed by atoms with E-state index >= 15 is 0 Å². The first kappa shape index (κ1) is 34.7. The largest absolute Gasteiger partial charge is 0.406 e. The molecule has 2 aliphatic heterocycles. The predicted octanol–water partition coefficient (Wildman–Crippen LogP) is 2.56. The molecule has 15 nitrogen and oxygen atoms in total. The minimum atomic E-state index is -4.52. The van der Waals surface area contributed by atoms with Crippen LogP contribution >= 0.6 is 0 Å². The van der Waals surface area contributed by atoms with E-state index in [4.69, 9.17) is 15.0 Å². The molecule has 0 aliphatic carbocycles. The van der Waals surface area contributed by atoms with E-state index in [9.17, 15) is 26.4 Å². The molecule has 1 atom stereocenters. The van der Waals surface area contributed by atoms with Crippen molar-refractivity contribution in [2.75, 3.05) is 61.5 Å². The molecule has 1 amide bonds. The first-order chi connectivity index (χ1) is 22.6. The summed E-state index contributed by atoms with van der Waals surface area (Å²) in [6, 6.07) is 5.79. The minimum Gasteiger partial charge on any atom is -0.378 e. The van der Waals surface area contributed by atoms with Crippen molar-refractivity contribution in [1.29, 1.82) is 0 Å². The predicted molar refractivity (Wildman–Crippen MR) is 170 cm³/mol. The third kappa shape index (κ3) is 8.08. The van der Waals surface area contributed by atoms with E-state index in [2.05, 4.69) is 24.9 Å². The second kappa shape index (κ2) is 13.9. The molecule has 3 N–H and O–H groups in total. The van der Waals surface area contributed by atoms with E-state index in [-0.39, 0.29) is 45.7 Å². The summed E-state index contributed by atoms with van der Waals surface area (Å²) in [5.74, 6) is 0.696. The molecule has 3 aromatic heterocycles. The normalized spacial score (nSPS) is 17.3. The summed E-state index contributed by atoms with van der Waals surface area (Å²) in [5, 5.41) is 0. The number of morpholine rings is 1. The Morgan fingerprint density at radius 1 is 1.02 bits per heavy atom. The van der Waals surface area contributed by atoms with Gasteiger partial charge in [0.2, 0.25) is 17.8 Å². The zero-order valence-corrected chi connectivity index (χ0v) is 27.2. The van der Waals surface area contributed by atoms with Crippen LogP contribution in [0.1, 0.15) is 19.4 Å². The average Bonchev–Trinajstić information content (AvgIpc) is 3.38. The van der Waals surface area contributed by atoms with E-state index in [0.717, 1.165) is 10.1 Å². The van der Waals surface area contributed by atoms with Crippen molar-refractivity contribution in [3.63, 3.8) is 0 Å². The molecule has 258 valence electrons. The molecule has 0 saturated carbocycles. The standard InChI is InChI=1S/C22H27F3N10O2.C7H8O3S/c1-13-11-33(3-4-34(13)14(2)36)21-29-16-18(32-5-7-37-8-6-32)30-17(15-9-27-20(26)28-10-15)31-19(16)35(21)12-22(23,24)25;1-6-2-4-7(5-3-6)11(8,9)10/h9-10,13H,3-8,11-12H2,1-2H3,(H2,26,27,28);2-5H,1H3,(H,8,9,10)/t13-;/m0./s1. The van der Waals surface area contributed by atoms with Gasteiger partial charge in [0.25, 0.3) is 10.1 Å². The van der Waals surface area contributed by atoms with Crippen molar-refractivity contribution in [3.8, 4) is 11.4 Å². The Kier molecular flexibility index (Phi) is 10.0. The summed E-state index contributed by atoms with van der Waals surface area (Å²) in [4.78, 5) is 39.1. The van der Waals surface area contributed by atoms with Gasteiger partial charge in [-0.2, -0.15) is 21.6 Å². The fraction of sp³-hybridized carbons (Fsp3) is 0.448. The van der Waals surface area contributed by atoms with Gasteiger partial charge in [0, 0.05) is 58.1 Å². The Bertz CT molecular complexity index is 1870. The van der Waals surface area contributed by atoms with Crippen LogP contribution in [0.15, 0.2) is 41.6 Å². The van der Waals surface area contributed by atoms with Crippen molar-refractivity contribution in [2.45, 2.75) is 44.4 Å². The number of aryl methyl sites for hydroxylation is 1. The number of carbonyl (C=O) groups excluding carboxylic acids is 1. The number of carbonyl (C=O) groups is 1. The lowest BCUT2D eigenvalue weighted by Gasteiger charge is -2.40. The molecule has 19 heteroatoms. The Morgan fingerprint density at radius 3 is 2.23 bits per heavy atom. The van der Waals surface area contributed by atoms with Crippen LogP contribution in [-0.4, -0.2) is 111 Å². The van der Waals surface area contributed by atoms with Crippen LogP contribution in [0.25, 0.3) is 22.6 Å². The van der Waals surface area contributed by atoms with Crippen LogP contribution in [0.4, 0.5) is 30.9 Å². The third-order valence-electron chi connectivity index (χ3n) is 7.77. The van der Waals surface area contributed by atoms with Crippen molar-refractivity contribution in [1.82, 2.24) is 34.4 Å². The lowest BCUT2D eigenvalue weighted by atomic mass is 10.2. The number of fused-ring (bicyclic) bond motifs is 1. The lowest BCUT2D eigenvalue weighted by Crippen LogP contribution is -2.54. The number of amides is 1. The maximum absolute atomic E-state index is 13.8. The molecule has 2 aliphatic rings. The maximum Gasteiger partial charge on any atom is 0.406 e. The second-order valence-corrected chi connectivity index (χ2v) is 12.8. The quantitative estimate of drug-likeness (QED) is 0.291. The van der Waals surface area contributed by atoms with Gasteiger partial charge in [0.15, 0.2) is 22.8 Å². The van der Waals surface area contributed by atoms with Gasteiger partial charge < -0.3 is 25.2 Å². The van der Waals surface area contributed by atoms with Crippen molar-refractivity contribution < 1.29 is 35.7 Å². The van der Waals surface area contributed by atoms with Crippen molar-refractivity contribution in [2.24, 2.45) is 0 Å². The number of alkyl halides is 3. The highest BCUT2D eigenvalue weighted by Crippen LogP contribution is 2.34. The summed E-state index contributed by atoms with van der Waals surface area (Å²) in [5.41, 5.74) is 7.30. The van der Waals surface area contributed by atoms with Gasteiger partial charge in [0.05, 0.1) is 23.7 Å². The van der Waals surface area contributed by atoms with Gasteiger partial charge in [-0.05, 0) is 26.0 Å². The SMILES string of the molecule is CC(=O)N1CCN(c2nc3c(N4CCOCC4)nc(-c4cnc(N)nc4)nc3n2CC(F)(F)F)C[C@@H]1C.Cc1ccc(S(=O)(=O)O)cc1. The van der Waals surface area contributed by atoms with E-state index in [0.29, 0.717) is 57.3 Å². The summed E-state index contributed by atoms with van der Waals surface area (Å²) in [6.07, 6.45) is -1.66. The molecule has 0 bridgehead atoms. The van der Waals surface area contributed by atoms with Crippen LogP contribution < -0.4 is 15.5 Å². The molecule has 5 heterocycles. The Hall–Kier alpha value is -4.62. The third-order valence-corrected chi connectivity index (χ3v) is 8.64. The highest BCUT2D eigenvalue weighted by molar-refractivity contribution is 7.85. The number of halogens is 3. The Morgan fingerprint density at radius 2 is 1.67 bits per heavy atom.